The predicted molar refractivity (Wildman–Crippen MR) is 308 cm³/mol. The minimum absolute atomic E-state index is 0.0348. The summed E-state index contributed by atoms with van der Waals surface area (Å²) in [6.45, 7) is 15.3. The topological polar surface area (TPSA) is 308 Å². The molecule has 81 heavy (non-hydrogen) atoms. The molecule has 14 atom stereocenters. The molecule has 0 aromatic carbocycles. The molecule has 25 heteroatoms. The Hall–Kier alpha value is -2.47. The van der Waals surface area contributed by atoms with Gasteiger partial charge in [0, 0.05) is 82.6 Å². The molecular weight excluding hydrogens is 1190 g/mol. The number of nitrogens with zero attached hydrogens (tertiary/aromatic N) is 3. The van der Waals surface area contributed by atoms with Crippen LogP contribution < -0.4 is 16.0 Å². The lowest BCUT2D eigenvalue weighted by molar-refractivity contribution is -0.157. The molecule has 0 aromatic heterocycles. The van der Waals surface area contributed by atoms with Gasteiger partial charge in [0.1, 0.15) is 17.5 Å². The Morgan fingerprint density at radius 2 is 0.914 bits per heavy atom. The van der Waals surface area contributed by atoms with E-state index in [9.17, 15) is 54.6 Å². The molecule has 0 aromatic rings. The molecule has 468 valence electrons. The summed E-state index contributed by atoms with van der Waals surface area (Å²) in [6.07, 6.45) is 7.20. The Bertz CT molecular complexity index is 1870. The fourth-order valence-corrected chi connectivity index (χ4v) is 12.7. The largest absolute Gasteiger partial charge is 0.463 e. The summed E-state index contributed by atoms with van der Waals surface area (Å²) in [7, 11) is 3.18. The van der Waals surface area contributed by atoms with E-state index in [1.54, 1.807) is 41.9 Å². The Morgan fingerprint density at radius 3 is 1.32 bits per heavy atom. The highest BCUT2D eigenvalue weighted by atomic mass is 79.9. The second-order valence-electron chi connectivity index (χ2n) is 23.2. The number of piperidine rings is 4. The van der Waals surface area contributed by atoms with E-state index in [1.807, 2.05) is 4.90 Å². The Balaban J connectivity index is 0.000000356. The molecule has 9 N–H and O–H groups in total. The monoisotopic (exact) mass is 1280 g/mol. The highest BCUT2D eigenvalue weighted by Gasteiger charge is 2.46. The Labute approximate surface area is 496 Å². The maximum Gasteiger partial charge on any atom is 0.322 e. The predicted octanol–water partition coefficient (Wildman–Crippen LogP) is 1.27. The summed E-state index contributed by atoms with van der Waals surface area (Å²) in [4.78, 5) is 68.0. The van der Waals surface area contributed by atoms with Crippen molar-refractivity contribution in [1.82, 2.24) is 30.7 Å². The van der Waals surface area contributed by atoms with E-state index < -0.39 is 50.9 Å². The van der Waals surface area contributed by atoms with Crippen LogP contribution in [0.1, 0.15) is 118 Å². The fourth-order valence-electron chi connectivity index (χ4n) is 12.0. The third-order valence-corrected chi connectivity index (χ3v) is 17.6. The average Bonchev–Trinajstić information content (AvgIpc) is 3.94. The zero-order valence-corrected chi connectivity index (χ0v) is 51.9. The number of hydrogen-bond donors (Lipinski definition) is 9. The molecule has 0 aliphatic carbocycles. The number of alkyl halides is 2. The standard InChI is InChI=1S/C34H59BrN4O10.C13H22N2O3.C9H17BrO4/c1-34(2,33(46)49-17-16-48-15-14-47-3)19-21(31(44)37-20-39-25-6-8-27(40)26(39)7-9-28(25)41)18-22(35)32(45)36-12-13-38-23-4-5-24(38)30(43)11-10-29(23)42;1-2-13(18)14-7-8-15-9-3-5-11(16)10(15)4-6-12(9)17;1-9(2,10)8(11)14-7-6-13-5-4-12-3/h21-30,40-43H,4-20H2,1-3H3,(H,36,45)(H,37,44);2,9-12,16-17H,1,3-8H2,(H,14,18);4-7H2,1-3H3. The van der Waals surface area contributed by atoms with Crippen molar-refractivity contribution in [3.05, 3.63) is 12.7 Å². The van der Waals surface area contributed by atoms with Crippen LogP contribution in [0, 0.1) is 11.3 Å². The van der Waals surface area contributed by atoms with Crippen molar-refractivity contribution in [2.24, 2.45) is 11.3 Å². The van der Waals surface area contributed by atoms with Gasteiger partial charge in [-0.1, -0.05) is 38.4 Å². The van der Waals surface area contributed by atoms with E-state index in [-0.39, 0.29) is 111 Å². The molecule has 6 aliphatic heterocycles. The lowest BCUT2D eigenvalue weighted by atomic mass is 9.80. The highest BCUT2D eigenvalue weighted by molar-refractivity contribution is 9.10. The molecule has 6 heterocycles. The molecule has 6 aliphatic rings. The van der Waals surface area contributed by atoms with Gasteiger partial charge in [-0.05, 0) is 124 Å². The lowest BCUT2D eigenvalue weighted by Crippen LogP contribution is -2.63. The molecule has 23 nitrogen and oxygen atoms in total. The minimum Gasteiger partial charge on any atom is -0.463 e. The summed E-state index contributed by atoms with van der Waals surface area (Å²) in [6, 6.07) is -0.120. The minimum atomic E-state index is -1.06. The Kier molecular flexibility index (Phi) is 31.4. The normalized spacial score (nSPS) is 29.3. The number of nitrogens with one attached hydrogen (secondary N) is 3. The number of fused-ring (bicyclic) bond motifs is 6. The van der Waals surface area contributed by atoms with Crippen LogP contribution in [-0.4, -0.2) is 257 Å². The number of amides is 3. The maximum atomic E-state index is 13.8. The second-order valence-corrected chi connectivity index (χ2v) is 26.3. The van der Waals surface area contributed by atoms with Crippen LogP contribution in [-0.2, 0) is 52.4 Å². The number of methoxy groups -OCH3 is 2. The number of halogens is 2. The number of aliphatic hydroxyl groups excluding tert-OH is 6. The number of aliphatic hydroxyl groups is 6. The number of rotatable bonds is 29. The van der Waals surface area contributed by atoms with Crippen molar-refractivity contribution in [2.45, 2.75) is 200 Å². The van der Waals surface area contributed by atoms with Crippen molar-refractivity contribution in [2.75, 3.05) is 99.9 Å². The van der Waals surface area contributed by atoms with Gasteiger partial charge in [0.15, 0.2) is 0 Å². The third-order valence-electron chi connectivity index (χ3n) is 16.5. The molecule has 3 amide bonds. The first kappa shape index (κ1) is 71.0. The van der Waals surface area contributed by atoms with Crippen LogP contribution in [0.25, 0.3) is 0 Å². The molecule has 6 fully saturated rings. The van der Waals surface area contributed by atoms with E-state index in [0.717, 1.165) is 38.5 Å². The first-order valence-electron chi connectivity index (χ1n) is 29.1. The van der Waals surface area contributed by atoms with Gasteiger partial charge < -0.3 is 75.0 Å². The summed E-state index contributed by atoms with van der Waals surface area (Å²) < 4.78 is 30.0. The van der Waals surface area contributed by atoms with Gasteiger partial charge in [-0.15, -0.1) is 0 Å². The van der Waals surface area contributed by atoms with Crippen LogP contribution in [0.3, 0.4) is 0 Å². The second kappa shape index (κ2) is 35.9. The number of esters is 2. The van der Waals surface area contributed by atoms with Gasteiger partial charge in [0.05, 0.1) is 93.2 Å². The quantitative estimate of drug-likeness (QED) is 0.0220. The van der Waals surface area contributed by atoms with Crippen LogP contribution in [0.5, 0.6) is 0 Å². The number of carbonyl (C=O) groups is 5. The first-order chi connectivity index (χ1) is 38.4. The zero-order chi connectivity index (χ0) is 59.9. The summed E-state index contributed by atoms with van der Waals surface area (Å²) >= 11 is 6.70. The highest BCUT2D eigenvalue weighted by Crippen LogP contribution is 2.37. The van der Waals surface area contributed by atoms with Gasteiger partial charge >= 0.3 is 11.9 Å². The zero-order valence-electron chi connectivity index (χ0n) is 48.7. The van der Waals surface area contributed by atoms with Gasteiger partial charge in [-0.25, -0.2) is 0 Å². The molecule has 6 saturated heterocycles. The third kappa shape index (κ3) is 22.7. The summed E-state index contributed by atoms with van der Waals surface area (Å²) in [5, 5.41) is 71.1. The molecule has 14 unspecified atom stereocenters. The van der Waals surface area contributed by atoms with E-state index in [2.05, 4.69) is 64.2 Å². The lowest BCUT2D eigenvalue weighted by Gasteiger charge is -2.50. The van der Waals surface area contributed by atoms with Crippen molar-refractivity contribution in [3.63, 3.8) is 0 Å². The Morgan fingerprint density at radius 1 is 0.543 bits per heavy atom. The number of hydrogen-bond acceptors (Lipinski definition) is 20. The van der Waals surface area contributed by atoms with Crippen molar-refractivity contribution < 1.29 is 83.0 Å². The molecule has 6 rings (SSSR count). The van der Waals surface area contributed by atoms with Crippen molar-refractivity contribution in [1.29, 1.82) is 0 Å². The molecule has 6 bridgehead atoms. The number of ether oxygens (including phenoxy) is 6. The maximum absolute atomic E-state index is 13.8. The smallest absolute Gasteiger partial charge is 0.322 e. The van der Waals surface area contributed by atoms with Gasteiger partial charge in [-0.2, -0.15) is 0 Å². The number of carbonyl (C=O) groups excluding carboxylic acids is 5. The fraction of sp³-hybridized carbons (Fsp3) is 0.875. The van der Waals surface area contributed by atoms with Gasteiger partial charge in [0.2, 0.25) is 17.7 Å². The van der Waals surface area contributed by atoms with E-state index >= 15 is 0 Å². The molecule has 0 radical (unpaired) electrons. The van der Waals surface area contributed by atoms with Crippen molar-refractivity contribution >= 4 is 61.5 Å². The molecule has 0 saturated carbocycles. The van der Waals surface area contributed by atoms with E-state index in [1.165, 1.54) is 6.08 Å². The van der Waals surface area contributed by atoms with Gasteiger partial charge in [-0.3, -0.25) is 38.7 Å². The SMILES string of the molecule is C=CC(=O)NCCN1C2CCC(O)C1CCC2O.COCCOCCOC(=O)C(C)(C)Br.COCCOCCOC(=O)C(C)(C)CC(CC(Br)C(=O)NCCN1C2CCC1C(O)CCC2O)C(=O)NCN1C2CCC(O)C1CCC2O. The summed E-state index contributed by atoms with van der Waals surface area (Å²) in [5.41, 5.74) is -1.06. The van der Waals surface area contributed by atoms with E-state index in [0.29, 0.717) is 97.7 Å². The van der Waals surface area contributed by atoms with Crippen LogP contribution >= 0.6 is 31.9 Å². The van der Waals surface area contributed by atoms with Crippen LogP contribution in [0.4, 0.5) is 0 Å². The first-order valence-corrected chi connectivity index (χ1v) is 30.8. The van der Waals surface area contributed by atoms with Crippen LogP contribution in [0.15, 0.2) is 12.7 Å². The van der Waals surface area contributed by atoms with Crippen LogP contribution in [0.2, 0.25) is 0 Å². The average molecular weight is 1290 g/mol. The summed E-state index contributed by atoms with van der Waals surface area (Å²) in [5.74, 6) is -2.33. The van der Waals surface area contributed by atoms with Gasteiger partial charge in [0.25, 0.3) is 0 Å². The molecular formula is C56H98Br2N6O17. The molecule has 0 spiro atoms. The van der Waals surface area contributed by atoms with E-state index in [4.69, 9.17) is 28.4 Å². The van der Waals surface area contributed by atoms with Crippen molar-refractivity contribution in [3.8, 4) is 0 Å².